The Bertz CT molecular complexity index is 449. The van der Waals surface area contributed by atoms with Crippen LogP contribution in [0.5, 0.6) is 0 Å². The molecule has 1 atom stereocenters. The van der Waals surface area contributed by atoms with E-state index in [2.05, 4.69) is 11.2 Å². The fourth-order valence-corrected chi connectivity index (χ4v) is 1.66. The topological polar surface area (TPSA) is 67.6 Å². The molecule has 4 nitrogen and oxygen atoms in total. The molecular formula is C11H12N4. The molecule has 76 valence electrons. The molecule has 15 heavy (non-hydrogen) atoms. The van der Waals surface area contributed by atoms with Crippen molar-refractivity contribution in [3.8, 4) is 6.07 Å². The summed E-state index contributed by atoms with van der Waals surface area (Å²) in [6.07, 6.45) is 11.8. The molecule has 2 N–H and O–H groups in total. The van der Waals surface area contributed by atoms with Crippen LogP contribution in [0.15, 0.2) is 36.7 Å². The number of nitrogen functional groups attached to an aromatic ring is 1. The fraction of sp³-hybridized carbons (Fsp3) is 0.273. The maximum atomic E-state index is 9.20. The van der Waals surface area contributed by atoms with Crippen molar-refractivity contribution in [2.24, 2.45) is 5.41 Å². The van der Waals surface area contributed by atoms with E-state index in [1.165, 1.54) is 0 Å². The largest absolute Gasteiger partial charge is 0.396 e. The maximum Gasteiger partial charge on any atom is 0.0985 e. The molecule has 1 aliphatic carbocycles. The third-order valence-electron chi connectivity index (χ3n) is 2.46. The van der Waals surface area contributed by atoms with Crippen molar-refractivity contribution >= 4 is 5.69 Å². The number of nitrogens with two attached hydrogens (primary N) is 1. The van der Waals surface area contributed by atoms with Crippen molar-refractivity contribution in [1.29, 1.82) is 5.26 Å². The number of hydrogen-bond acceptors (Lipinski definition) is 3. The molecule has 1 aromatic heterocycles. The van der Waals surface area contributed by atoms with Gasteiger partial charge in [0.15, 0.2) is 0 Å². The van der Waals surface area contributed by atoms with E-state index in [1.807, 2.05) is 24.3 Å². The summed E-state index contributed by atoms with van der Waals surface area (Å²) in [5.74, 6) is 0. The lowest BCUT2D eigenvalue weighted by atomic mass is 9.83. The van der Waals surface area contributed by atoms with E-state index in [1.54, 1.807) is 17.1 Å². The Labute approximate surface area is 88.3 Å². The Balaban J connectivity index is 2.19. The Morgan fingerprint density at radius 3 is 3.00 bits per heavy atom. The first kappa shape index (κ1) is 9.53. The second-order valence-corrected chi connectivity index (χ2v) is 3.73. The van der Waals surface area contributed by atoms with E-state index in [0.29, 0.717) is 12.2 Å². The van der Waals surface area contributed by atoms with E-state index >= 15 is 0 Å². The van der Waals surface area contributed by atoms with Crippen molar-refractivity contribution < 1.29 is 0 Å². The molecule has 1 unspecified atom stereocenters. The molecule has 1 aliphatic rings. The van der Waals surface area contributed by atoms with Crippen LogP contribution in [0.25, 0.3) is 0 Å². The van der Waals surface area contributed by atoms with Crippen LogP contribution < -0.4 is 5.73 Å². The van der Waals surface area contributed by atoms with Crippen LogP contribution >= 0.6 is 0 Å². The van der Waals surface area contributed by atoms with E-state index in [0.717, 1.165) is 6.42 Å². The standard InChI is InChI=1S/C11H12N4/c12-8-11(4-2-1-3-5-11)9-15-7-10(13)6-14-15/h1-4,6-7H,5,9,13H2. The second kappa shape index (κ2) is 3.62. The highest BCUT2D eigenvalue weighted by atomic mass is 15.3. The molecule has 0 bridgehead atoms. The molecule has 4 heteroatoms. The predicted octanol–water partition coefficient (Wildman–Crippen LogP) is 1.49. The van der Waals surface area contributed by atoms with Crippen molar-refractivity contribution in [2.45, 2.75) is 13.0 Å². The average molecular weight is 200 g/mol. The first-order valence-corrected chi connectivity index (χ1v) is 4.78. The van der Waals surface area contributed by atoms with E-state index in [-0.39, 0.29) is 0 Å². The van der Waals surface area contributed by atoms with Crippen molar-refractivity contribution in [3.63, 3.8) is 0 Å². The Hall–Kier alpha value is -2.02. The fourth-order valence-electron chi connectivity index (χ4n) is 1.66. The normalized spacial score (nSPS) is 23.9. The number of nitrogens with zero attached hydrogens (tertiary/aromatic N) is 3. The van der Waals surface area contributed by atoms with Gasteiger partial charge in [-0.25, -0.2) is 0 Å². The molecule has 0 aromatic carbocycles. The van der Waals surface area contributed by atoms with Crippen molar-refractivity contribution in [1.82, 2.24) is 9.78 Å². The smallest absolute Gasteiger partial charge is 0.0985 e. The van der Waals surface area contributed by atoms with Gasteiger partial charge in [-0.3, -0.25) is 4.68 Å². The van der Waals surface area contributed by atoms with Crippen LogP contribution in [-0.2, 0) is 6.54 Å². The Morgan fingerprint density at radius 2 is 2.47 bits per heavy atom. The molecule has 0 saturated heterocycles. The third kappa shape index (κ3) is 1.91. The number of nitriles is 1. The summed E-state index contributed by atoms with van der Waals surface area (Å²) in [4.78, 5) is 0. The van der Waals surface area contributed by atoms with Gasteiger partial charge in [0.2, 0.25) is 0 Å². The minimum Gasteiger partial charge on any atom is -0.396 e. The summed E-state index contributed by atoms with van der Waals surface area (Å²) in [6, 6.07) is 2.34. The van der Waals surface area contributed by atoms with Crippen molar-refractivity contribution in [3.05, 3.63) is 36.7 Å². The highest BCUT2D eigenvalue weighted by Gasteiger charge is 2.27. The monoisotopic (exact) mass is 200 g/mol. The molecule has 0 saturated carbocycles. The van der Waals surface area contributed by atoms with Gasteiger partial charge in [0.25, 0.3) is 0 Å². The number of anilines is 1. The first-order chi connectivity index (χ1) is 7.24. The van der Waals surface area contributed by atoms with Gasteiger partial charge in [-0.05, 0) is 6.42 Å². The van der Waals surface area contributed by atoms with Gasteiger partial charge in [0, 0.05) is 6.20 Å². The highest BCUT2D eigenvalue weighted by Crippen LogP contribution is 2.28. The Kier molecular flexibility index (Phi) is 2.30. The molecule has 0 aliphatic heterocycles. The lowest BCUT2D eigenvalue weighted by molar-refractivity contribution is 0.397. The Morgan fingerprint density at radius 1 is 1.60 bits per heavy atom. The lowest BCUT2D eigenvalue weighted by Crippen LogP contribution is -2.23. The molecule has 1 heterocycles. The molecule has 0 spiro atoms. The van der Waals surface area contributed by atoms with Crippen LogP contribution in [-0.4, -0.2) is 9.78 Å². The van der Waals surface area contributed by atoms with Gasteiger partial charge in [-0.15, -0.1) is 0 Å². The zero-order valence-corrected chi connectivity index (χ0v) is 8.30. The number of hydrogen-bond donors (Lipinski definition) is 1. The molecule has 0 fully saturated rings. The van der Waals surface area contributed by atoms with Crippen LogP contribution in [0.4, 0.5) is 5.69 Å². The molecule has 2 rings (SSSR count). The number of aromatic nitrogens is 2. The second-order valence-electron chi connectivity index (χ2n) is 3.73. The molecule has 1 aromatic rings. The SMILES string of the molecule is N#CC1(Cn2cc(N)cn2)C=CC=CC1. The third-order valence-corrected chi connectivity index (χ3v) is 2.46. The summed E-state index contributed by atoms with van der Waals surface area (Å²) in [5, 5.41) is 13.3. The first-order valence-electron chi connectivity index (χ1n) is 4.78. The van der Waals surface area contributed by atoms with E-state index < -0.39 is 5.41 Å². The van der Waals surface area contributed by atoms with Crippen molar-refractivity contribution in [2.75, 3.05) is 5.73 Å². The maximum absolute atomic E-state index is 9.20. The van der Waals surface area contributed by atoms with Crippen LogP contribution in [0.3, 0.4) is 0 Å². The van der Waals surface area contributed by atoms with Crippen LogP contribution in [0, 0.1) is 16.7 Å². The summed E-state index contributed by atoms with van der Waals surface area (Å²) in [7, 11) is 0. The summed E-state index contributed by atoms with van der Waals surface area (Å²) in [5.41, 5.74) is 5.71. The number of allylic oxidation sites excluding steroid dienone is 4. The van der Waals surface area contributed by atoms with Gasteiger partial charge in [-0.2, -0.15) is 10.4 Å². The minimum atomic E-state index is -0.479. The van der Waals surface area contributed by atoms with Crippen LogP contribution in [0.2, 0.25) is 0 Å². The predicted molar refractivity (Wildman–Crippen MR) is 57.6 cm³/mol. The van der Waals surface area contributed by atoms with Gasteiger partial charge in [0.05, 0.1) is 29.9 Å². The highest BCUT2D eigenvalue weighted by molar-refractivity contribution is 5.31. The average Bonchev–Trinajstić information content (AvgIpc) is 2.65. The number of rotatable bonds is 2. The van der Waals surface area contributed by atoms with Crippen LogP contribution in [0.1, 0.15) is 6.42 Å². The van der Waals surface area contributed by atoms with Gasteiger partial charge < -0.3 is 5.73 Å². The summed E-state index contributed by atoms with van der Waals surface area (Å²) >= 11 is 0. The van der Waals surface area contributed by atoms with Gasteiger partial charge >= 0.3 is 0 Å². The molecule has 0 radical (unpaired) electrons. The zero-order valence-electron chi connectivity index (χ0n) is 8.30. The summed E-state index contributed by atoms with van der Waals surface area (Å²) in [6.45, 7) is 0.543. The molecule has 0 amide bonds. The van der Waals surface area contributed by atoms with Gasteiger partial charge in [-0.1, -0.05) is 24.3 Å². The van der Waals surface area contributed by atoms with Gasteiger partial charge in [0.1, 0.15) is 0 Å². The summed E-state index contributed by atoms with van der Waals surface area (Å²) < 4.78 is 1.71. The van der Waals surface area contributed by atoms with E-state index in [9.17, 15) is 5.26 Å². The quantitative estimate of drug-likeness (QED) is 0.786. The minimum absolute atomic E-state index is 0.479. The molecular weight excluding hydrogens is 188 g/mol. The zero-order chi connectivity index (χ0) is 10.7. The van der Waals surface area contributed by atoms with E-state index in [4.69, 9.17) is 5.73 Å². The lowest BCUT2D eigenvalue weighted by Gasteiger charge is -2.22.